The summed E-state index contributed by atoms with van der Waals surface area (Å²) < 4.78 is 35.7. The molecule has 9 heteroatoms. The fourth-order valence-electron chi connectivity index (χ4n) is 3.11. The molecule has 1 aliphatic rings. The van der Waals surface area contributed by atoms with Crippen molar-refractivity contribution < 1.29 is 22.4 Å². The highest BCUT2D eigenvalue weighted by molar-refractivity contribution is 7.91. The zero-order chi connectivity index (χ0) is 19.7. The van der Waals surface area contributed by atoms with Crippen LogP contribution in [-0.2, 0) is 21.1 Å². The van der Waals surface area contributed by atoms with E-state index in [0.29, 0.717) is 24.3 Å². The van der Waals surface area contributed by atoms with Crippen LogP contribution in [-0.4, -0.2) is 43.9 Å². The largest absolute Gasteiger partial charge is 0.497 e. The fourth-order valence-corrected chi connectivity index (χ4v) is 4.08. The van der Waals surface area contributed by atoms with Gasteiger partial charge in [-0.25, -0.2) is 8.42 Å². The molecule has 0 aliphatic carbocycles. The first-order chi connectivity index (χ1) is 13.5. The number of carbonyl (C=O) groups is 1. The molecular formula is C19H17N3O5S. The Labute approximate surface area is 161 Å². The van der Waals surface area contributed by atoms with Crippen LogP contribution in [0.5, 0.6) is 5.75 Å². The number of para-hydroxylation sites is 1. The Kier molecular flexibility index (Phi) is 4.60. The second-order valence-corrected chi connectivity index (χ2v) is 8.16. The average molecular weight is 399 g/mol. The Balaban J connectivity index is 1.55. The molecule has 144 valence electrons. The maximum absolute atomic E-state index is 12.6. The average Bonchev–Trinajstić information content (AvgIpc) is 3.35. The smallest absolute Gasteiger partial charge is 0.336 e. The summed E-state index contributed by atoms with van der Waals surface area (Å²) >= 11 is 0. The van der Waals surface area contributed by atoms with Gasteiger partial charge < -0.3 is 14.1 Å². The molecule has 3 aromatic rings. The minimum absolute atomic E-state index is 0.0384. The van der Waals surface area contributed by atoms with Crippen molar-refractivity contribution in [2.45, 2.75) is 11.6 Å². The van der Waals surface area contributed by atoms with Crippen molar-refractivity contribution in [1.29, 1.82) is 0 Å². The highest BCUT2D eigenvalue weighted by Gasteiger charge is 2.32. The number of nitrogens with zero attached hydrogens (tertiary/aromatic N) is 3. The summed E-state index contributed by atoms with van der Waals surface area (Å²) in [6.07, 6.45) is 0.697. The summed E-state index contributed by atoms with van der Waals surface area (Å²) in [7, 11) is -2.55. The van der Waals surface area contributed by atoms with Crippen LogP contribution in [0.15, 0.2) is 58.2 Å². The van der Waals surface area contributed by atoms with Gasteiger partial charge in [0.15, 0.2) is 0 Å². The second-order valence-electron chi connectivity index (χ2n) is 6.29. The number of hydrogen-bond donors (Lipinski definition) is 0. The molecule has 28 heavy (non-hydrogen) atoms. The normalized spacial score (nSPS) is 13.4. The molecule has 1 amide bonds. The summed E-state index contributed by atoms with van der Waals surface area (Å²) in [6, 6.07) is 14.2. The van der Waals surface area contributed by atoms with Crippen LogP contribution in [0.2, 0.25) is 0 Å². The van der Waals surface area contributed by atoms with Gasteiger partial charge in [-0.1, -0.05) is 29.4 Å². The Morgan fingerprint density at radius 2 is 2.00 bits per heavy atom. The van der Waals surface area contributed by atoms with E-state index in [1.54, 1.807) is 30.3 Å². The van der Waals surface area contributed by atoms with Gasteiger partial charge >= 0.3 is 5.22 Å². The van der Waals surface area contributed by atoms with Crippen LogP contribution in [0.25, 0.3) is 11.5 Å². The lowest BCUT2D eigenvalue weighted by Gasteiger charge is -2.16. The van der Waals surface area contributed by atoms with Crippen LogP contribution >= 0.6 is 0 Å². The summed E-state index contributed by atoms with van der Waals surface area (Å²) in [4.78, 5) is 14.1. The van der Waals surface area contributed by atoms with E-state index in [1.807, 2.05) is 18.2 Å². The summed E-state index contributed by atoms with van der Waals surface area (Å²) in [5.74, 6) is -0.647. The molecular weight excluding hydrogens is 382 g/mol. The maximum atomic E-state index is 12.6. The highest BCUT2D eigenvalue weighted by atomic mass is 32.2. The molecule has 2 heterocycles. The monoisotopic (exact) mass is 399 g/mol. The van der Waals surface area contributed by atoms with E-state index in [0.717, 1.165) is 11.3 Å². The minimum Gasteiger partial charge on any atom is -0.497 e. The predicted octanol–water partition coefficient (Wildman–Crippen LogP) is 2.11. The lowest BCUT2D eigenvalue weighted by molar-refractivity contribution is -0.116. The highest BCUT2D eigenvalue weighted by Crippen LogP contribution is 2.28. The summed E-state index contributed by atoms with van der Waals surface area (Å²) in [5.41, 5.74) is 2.28. The number of amides is 1. The van der Waals surface area contributed by atoms with Crippen molar-refractivity contribution in [2.75, 3.05) is 24.3 Å². The number of fused-ring (bicyclic) bond motifs is 1. The van der Waals surface area contributed by atoms with Crippen molar-refractivity contribution in [2.24, 2.45) is 0 Å². The first kappa shape index (κ1) is 18.2. The zero-order valence-corrected chi connectivity index (χ0v) is 15.8. The van der Waals surface area contributed by atoms with Crippen molar-refractivity contribution >= 4 is 21.4 Å². The molecule has 0 bridgehead atoms. The van der Waals surface area contributed by atoms with Gasteiger partial charge in [0.2, 0.25) is 21.6 Å². The molecule has 4 rings (SSSR count). The summed E-state index contributed by atoms with van der Waals surface area (Å²) in [6.45, 7) is 0.451. The molecule has 0 radical (unpaired) electrons. The van der Waals surface area contributed by atoms with Gasteiger partial charge in [-0.3, -0.25) is 4.79 Å². The molecule has 0 saturated heterocycles. The quantitative estimate of drug-likeness (QED) is 0.647. The van der Waals surface area contributed by atoms with E-state index < -0.39 is 26.7 Å². The Morgan fingerprint density at radius 3 is 2.82 bits per heavy atom. The van der Waals surface area contributed by atoms with Gasteiger partial charge in [0, 0.05) is 17.8 Å². The van der Waals surface area contributed by atoms with Crippen LogP contribution in [0.3, 0.4) is 0 Å². The van der Waals surface area contributed by atoms with Gasteiger partial charge in [0.25, 0.3) is 0 Å². The lowest BCUT2D eigenvalue weighted by atomic mass is 10.2. The molecule has 0 spiro atoms. The van der Waals surface area contributed by atoms with Gasteiger partial charge in [-0.15, -0.1) is 5.10 Å². The van der Waals surface area contributed by atoms with Crippen LogP contribution in [0.4, 0.5) is 5.69 Å². The Hall–Kier alpha value is -3.20. The molecule has 0 unspecified atom stereocenters. The van der Waals surface area contributed by atoms with E-state index in [1.165, 1.54) is 12.0 Å². The second kappa shape index (κ2) is 7.08. The molecule has 0 fully saturated rings. The Bertz CT molecular complexity index is 1140. The molecule has 0 saturated carbocycles. The predicted molar refractivity (Wildman–Crippen MR) is 101 cm³/mol. The number of methoxy groups -OCH3 is 1. The lowest BCUT2D eigenvalue weighted by Crippen LogP contribution is -2.34. The number of ether oxygens (including phenoxy) is 1. The number of benzene rings is 2. The minimum atomic E-state index is -4.07. The number of hydrogen-bond acceptors (Lipinski definition) is 7. The number of sulfone groups is 1. The van der Waals surface area contributed by atoms with Gasteiger partial charge in [-0.2, -0.15) is 0 Å². The fraction of sp³-hybridized carbons (Fsp3) is 0.211. The number of rotatable bonds is 5. The standard InChI is InChI=1S/C19H17N3O5S/c1-26-15-7-4-6-14(11-15)18-20-21-19(27-18)28(24,25)12-17(23)22-10-9-13-5-2-3-8-16(13)22/h2-8,11H,9-10,12H2,1H3. The first-order valence-electron chi connectivity index (χ1n) is 8.57. The van der Waals surface area contributed by atoms with Crippen molar-refractivity contribution in [1.82, 2.24) is 10.2 Å². The van der Waals surface area contributed by atoms with E-state index in [9.17, 15) is 13.2 Å². The number of aromatic nitrogens is 2. The van der Waals surface area contributed by atoms with Crippen LogP contribution < -0.4 is 9.64 Å². The maximum Gasteiger partial charge on any atom is 0.336 e. The van der Waals surface area contributed by atoms with E-state index >= 15 is 0 Å². The van der Waals surface area contributed by atoms with Crippen molar-refractivity contribution in [3.8, 4) is 17.2 Å². The van der Waals surface area contributed by atoms with Gasteiger partial charge in [0.05, 0.1) is 7.11 Å². The van der Waals surface area contributed by atoms with Gasteiger partial charge in [-0.05, 0) is 36.2 Å². The molecule has 1 aliphatic heterocycles. The number of carbonyl (C=O) groups excluding carboxylic acids is 1. The number of anilines is 1. The zero-order valence-electron chi connectivity index (χ0n) is 15.0. The Morgan fingerprint density at radius 1 is 1.18 bits per heavy atom. The third-order valence-corrected chi connectivity index (χ3v) is 5.81. The van der Waals surface area contributed by atoms with E-state index in [2.05, 4.69) is 10.2 Å². The van der Waals surface area contributed by atoms with Crippen molar-refractivity contribution in [3.05, 3.63) is 54.1 Å². The topological polar surface area (TPSA) is 103 Å². The SMILES string of the molecule is COc1cccc(-c2nnc(S(=O)(=O)CC(=O)N3CCc4ccccc43)o2)c1. The molecule has 0 atom stereocenters. The summed E-state index contributed by atoms with van der Waals surface area (Å²) in [5, 5.41) is 6.84. The molecule has 0 N–H and O–H groups in total. The van der Waals surface area contributed by atoms with Crippen LogP contribution in [0, 0.1) is 0 Å². The van der Waals surface area contributed by atoms with Crippen molar-refractivity contribution in [3.63, 3.8) is 0 Å². The van der Waals surface area contributed by atoms with E-state index in [4.69, 9.17) is 9.15 Å². The van der Waals surface area contributed by atoms with Gasteiger partial charge in [0.1, 0.15) is 11.5 Å². The third-order valence-electron chi connectivity index (χ3n) is 4.49. The van der Waals surface area contributed by atoms with E-state index in [-0.39, 0.29) is 5.89 Å². The first-order valence-corrected chi connectivity index (χ1v) is 10.2. The molecule has 1 aromatic heterocycles. The third kappa shape index (κ3) is 3.36. The molecule has 2 aromatic carbocycles. The molecule has 8 nitrogen and oxygen atoms in total. The van der Waals surface area contributed by atoms with Crippen LogP contribution in [0.1, 0.15) is 5.56 Å².